The molecule has 0 aliphatic rings. The maximum absolute atomic E-state index is 13.4. The Bertz CT molecular complexity index is 625. The van der Waals surface area contributed by atoms with E-state index in [1.165, 1.54) is 6.92 Å². The van der Waals surface area contributed by atoms with Gasteiger partial charge in [0.15, 0.2) is 6.10 Å². The summed E-state index contributed by atoms with van der Waals surface area (Å²) >= 11 is 0.745. The fourth-order valence-corrected chi connectivity index (χ4v) is 2.26. The average Bonchev–Trinajstić information content (AvgIpc) is 2.47. The van der Waals surface area contributed by atoms with Crippen molar-refractivity contribution in [2.75, 3.05) is 5.75 Å². The van der Waals surface area contributed by atoms with Crippen LogP contribution in [-0.2, 0) is 14.3 Å². The largest absolute Gasteiger partial charge is 0.452 e. The van der Waals surface area contributed by atoms with Gasteiger partial charge < -0.3 is 10.1 Å². The minimum Gasteiger partial charge on any atom is -0.452 e. The number of imide groups is 1. The van der Waals surface area contributed by atoms with Gasteiger partial charge in [-0.15, -0.1) is 11.8 Å². The zero-order chi connectivity index (χ0) is 18.3. The van der Waals surface area contributed by atoms with E-state index in [1.54, 1.807) is 13.8 Å². The molecule has 0 aromatic heterocycles. The van der Waals surface area contributed by atoms with E-state index in [0.717, 1.165) is 30.0 Å². The number of rotatable bonds is 6. The molecule has 0 saturated heterocycles. The zero-order valence-corrected chi connectivity index (χ0v) is 14.2. The van der Waals surface area contributed by atoms with E-state index in [4.69, 9.17) is 4.74 Å². The molecular formula is C15H18F2N2O4S. The van der Waals surface area contributed by atoms with Gasteiger partial charge in [-0.25, -0.2) is 13.6 Å². The normalized spacial score (nSPS) is 11.8. The lowest BCUT2D eigenvalue weighted by Gasteiger charge is -2.14. The van der Waals surface area contributed by atoms with Gasteiger partial charge in [0.2, 0.25) is 0 Å². The Balaban J connectivity index is 2.45. The van der Waals surface area contributed by atoms with Crippen LogP contribution < -0.4 is 10.6 Å². The molecule has 1 aromatic carbocycles. The number of benzene rings is 1. The standard InChI is InChI=1S/C15H18F2N2O4S/c1-8(2)18-15(22)19-14(21)9(3)23-13(20)7-24-12-6-10(16)4-5-11(12)17/h4-6,8-9H,7H2,1-3H3,(H2,18,19,21,22)/t9-/m1/s1. The van der Waals surface area contributed by atoms with Gasteiger partial charge in [-0.2, -0.15) is 0 Å². The van der Waals surface area contributed by atoms with E-state index in [-0.39, 0.29) is 16.7 Å². The SMILES string of the molecule is CC(C)NC(=O)NC(=O)[C@@H](C)OC(=O)CSc1cc(F)ccc1F. The van der Waals surface area contributed by atoms with Gasteiger partial charge in [0.25, 0.3) is 5.91 Å². The first-order valence-corrected chi connectivity index (χ1v) is 8.06. The van der Waals surface area contributed by atoms with Crippen molar-refractivity contribution < 1.29 is 27.9 Å². The third-order valence-electron chi connectivity index (χ3n) is 2.57. The molecule has 0 spiro atoms. The van der Waals surface area contributed by atoms with Crippen LogP contribution in [0.2, 0.25) is 0 Å². The fraction of sp³-hybridized carbons (Fsp3) is 0.400. The third-order valence-corrected chi connectivity index (χ3v) is 3.58. The summed E-state index contributed by atoms with van der Waals surface area (Å²) in [6.45, 7) is 4.73. The molecule has 3 amide bonds. The second kappa shape index (κ2) is 9.21. The van der Waals surface area contributed by atoms with E-state index in [9.17, 15) is 23.2 Å². The molecule has 0 aliphatic heterocycles. The van der Waals surface area contributed by atoms with Gasteiger partial charge >= 0.3 is 12.0 Å². The molecule has 9 heteroatoms. The highest BCUT2D eigenvalue weighted by atomic mass is 32.2. The number of amides is 3. The summed E-state index contributed by atoms with van der Waals surface area (Å²) in [6, 6.07) is 2.01. The number of nitrogens with one attached hydrogen (secondary N) is 2. The average molecular weight is 360 g/mol. The van der Waals surface area contributed by atoms with Gasteiger partial charge in [0.1, 0.15) is 11.6 Å². The molecule has 6 nitrogen and oxygen atoms in total. The quantitative estimate of drug-likeness (QED) is 0.600. The zero-order valence-electron chi connectivity index (χ0n) is 13.4. The molecule has 0 heterocycles. The molecular weight excluding hydrogens is 342 g/mol. The molecule has 2 N–H and O–H groups in total. The predicted octanol–water partition coefficient (Wildman–Crippen LogP) is 2.22. The molecule has 0 saturated carbocycles. The van der Waals surface area contributed by atoms with Crippen molar-refractivity contribution in [3.05, 3.63) is 29.8 Å². The molecule has 1 atom stereocenters. The van der Waals surface area contributed by atoms with Crippen molar-refractivity contribution in [1.82, 2.24) is 10.6 Å². The Hall–Kier alpha value is -2.16. The molecule has 1 aromatic rings. The summed E-state index contributed by atoms with van der Waals surface area (Å²) in [5.74, 6) is -3.18. The monoisotopic (exact) mass is 360 g/mol. The van der Waals surface area contributed by atoms with Crippen LogP contribution in [0.15, 0.2) is 23.1 Å². The molecule has 0 bridgehead atoms. The van der Waals surface area contributed by atoms with Crippen molar-refractivity contribution >= 4 is 29.7 Å². The van der Waals surface area contributed by atoms with Crippen LogP contribution in [0.25, 0.3) is 0 Å². The maximum atomic E-state index is 13.4. The Morgan fingerprint density at radius 3 is 2.50 bits per heavy atom. The Morgan fingerprint density at radius 2 is 1.88 bits per heavy atom. The number of carbonyl (C=O) groups excluding carboxylic acids is 3. The molecule has 132 valence electrons. The first-order valence-electron chi connectivity index (χ1n) is 7.07. The molecule has 24 heavy (non-hydrogen) atoms. The highest BCUT2D eigenvalue weighted by Gasteiger charge is 2.20. The van der Waals surface area contributed by atoms with Crippen molar-refractivity contribution in [3.63, 3.8) is 0 Å². The van der Waals surface area contributed by atoms with Gasteiger partial charge in [-0.1, -0.05) is 0 Å². The number of ether oxygens (including phenoxy) is 1. The lowest BCUT2D eigenvalue weighted by atomic mass is 10.3. The Labute approximate surface area is 142 Å². The van der Waals surface area contributed by atoms with Crippen molar-refractivity contribution in [2.45, 2.75) is 37.8 Å². The molecule has 1 rings (SSSR count). The lowest BCUT2D eigenvalue weighted by molar-refractivity contribution is -0.151. The van der Waals surface area contributed by atoms with Gasteiger partial charge in [0, 0.05) is 10.9 Å². The van der Waals surface area contributed by atoms with Gasteiger partial charge in [-0.3, -0.25) is 14.9 Å². The summed E-state index contributed by atoms with van der Waals surface area (Å²) in [7, 11) is 0. The number of halogens is 2. The topological polar surface area (TPSA) is 84.5 Å². The Morgan fingerprint density at radius 1 is 1.21 bits per heavy atom. The van der Waals surface area contributed by atoms with E-state index in [2.05, 4.69) is 5.32 Å². The summed E-state index contributed by atoms with van der Waals surface area (Å²) < 4.78 is 31.3. The molecule has 0 unspecified atom stereocenters. The van der Waals surface area contributed by atoms with Gasteiger partial charge in [0.05, 0.1) is 5.75 Å². The molecule has 0 radical (unpaired) electrons. The number of hydrogen-bond acceptors (Lipinski definition) is 5. The predicted molar refractivity (Wildman–Crippen MR) is 84.4 cm³/mol. The smallest absolute Gasteiger partial charge is 0.321 e. The second-order valence-corrected chi connectivity index (χ2v) is 6.13. The van der Waals surface area contributed by atoms with E-state index in [1.807, 2.05) is 5.32 Å². The van der Waals surface area contributed by atoms with Crippen molar-refractivity contribution in [3.8, 4) is 0 Å². The van der Waals surface area contributed by atoms with E-state index in [0.29, 0.717) is 0 Å². The van der Waals surface area contributed by atoms with E-state index >= 15 is 0 Å². The van der Waals surface area contributed by atoms with E-state index < -0.39 is 35.6 Å². The number of esters is 1. The van der Waals surface area contributed by atoms with Crippen molar-refractivity contribution in [1.29, 1.82) is 0 Å². The van der Waals surface area contributed by atoms with Crippen LogP contribution in [0, 0.1) is 11.6 Å². The van der Waals surface area contributed by atoms with Crippen LogP contribution in [0.4, 0.5) is 13.6 Å². The van der Waals surface area contributed by atoms with Crippen LogP contribution in [0.5, 0.6) is 0 Å². The minimum absolute atomic E-state index is 0.0413. The minimum atomic E-state index is -1.20. The number of thioether (sulfide) groups is 1. The van der Waals surface area contributed by atoms with Crippen LogP contribution >= 0.6 is 11.8 Å². The third kappa shape index (κ3) is 6.95. The molecule has 0 aliphatic carbocycles. The summed E-state index contributed by atoms with van der Waals surface area (Å²) in [4.78, 5) is 34.7. The summed E-state index contributed by atoms with van der Waals surface area (Å²) in [5, 5.41) is 4.47. The molecule has 0 fully saturated rings. The summed E-state index contributed by atoms with van der Waals surface area (Å²) in [6.07, 6.45) is -1.20. The number of carbonyl (C=O) groups is 3. The summed E-state index contributed by atoms with van der Waals surface area (Å²) in [5.41, 5.74) is 0. The first-order chi connectivity index (χ1) is 11.2. The van der Waals surface area contributed by atoms with Crippen molar-refractivity contribution in [2.24, 2.45) is 0 Å². The van der Waals surface area contributed by atoms with Gasteiger partial charge in [-0.05, 0) is 39.0 Å². The van der Waals surface area contributed by atoms with Crippen LogP contribution in [-0.4, -0.2) is 35.8 Å². The highest BCUT2D eigenvalue weighted by molar-refractivity contribution is 8.00. The second-order valence-electron chi connectivity index (χ2n) is 5.11. The van der Waals surface area contributed by atoms with Crippen LogP contribution in [0.1, 0.15) is 20.8 Å². The first kappa shape index (κ1) is 19.9. The number of urea groups is 1. The number of hydrogen-bond donors (Lipinski definition) is 2. The lowest BCUT2D eigenvalue weighted by Crippen LogP contribution is -2.46. The Kier molecular flexibility index (Phi) is 7.63. The highest BCUT2D eigenvalue weighted by Crippen LogP contribution is 2.22. The van der Waals surface area contributed by atoms with Crippen LogP contribution in [0.3, 0.4) is 0 Å². The fourth-order valence-electron chi connectivity index (χ4n) is 1.52. The maximum Gasteiger partial charge on any atom is 0.321 e.